The molecule has 1 nitrogen and oxygen atoms in total. The molecule has 0 saturated carbocycles. The van der Waals surface area contributed by atoms with E-state index in [2.05, 4.69) is 43.4 Å². The molecular weight excluding hydrogens is 194 g/mol. The van der Waals surface area contributed by atoms with Gasteiger partial charge in [0.25, 0.3) is 0 Å². The highest BCUT2D eigenvalue weighted by Crippen LogP contribution is 2.29. The Bertz CT molecular complexity index is 335. The van der Waals surface area contributed by atoms with E-state index in [1.54, 1.807) is 0 Å². The molecule has 0 aromatic heterocycles. The van der Waals surface area contributed by atoms with Gasteiger partial charge in [-0.15, -0.1) is 0 Å². The second-order valence-corrected chi connectivity index (χ2v) is 5.12. The lowest BCUT2D eigenvalue weighted by Crippen LogP contribution is -2.38. The summed E-state index contributed by atoms with van der Waals surface area (Å²) in [5, 5.41) is 3.73. The fraction of sp³-hybridized carbons (Fsp3) is 0.600. The molecule has 1 aliphatic heterocycles. The minimum absolute atomic E-state index is 0.196. The Kier molecular flexibility index (Phi) is 3.65. The molecule has 1 aromatic rings. The largest absolute Gasteiger partial charge is 0.308 e. The molecule has 1 aromatic carbocycles. The molecule has 1 atom stereocenters. The van der Waals surface area contributed by atoms with Gasteiger partial charge in [0, 0.05) is 5.54 Å². The van der Waals surface area contributed by atoms with Gasteiger partial charge in [-0.25, -0.2) is 0 Å². The lowest BCUT2D eigenvalue weighted by atomic mass is 9.86. The summed E-state index contributed by atoms with van der Waals surface area (Å²) in [6.07, 6.45) is 6.43. The summed E-state index contributed by atoms with van der Waals surface area (Å²) < 4.78 is 0. The van der Waals surface area contributed by atoms with Gasteiger partial charge in [0.15, 0.2) is 0 Å². The van der Waals surface area contributed by atoms with Crippen molar-refractivity contribution in [3.8, 4) is 0 Å². The number of nitrogens with one attached hydrogen (secondary N) is 1. The molecule has 16 heavy (non-hydrogen) atoms. The van der Waals surface area contributed by atoms with Crippen molar-refractivity contribution in [1.29, 1.82) is 0 Å². The van der Waals surface area contributed by atoms with Crippen molar-refractivity contribution in [1.82, 2.24) is 5.32 Å². The lowest BCUT2D eigenvalue weighted by molar-refractivity contribution is 0.359. The van der Waals surface area contributed by atoms with Crippen molar-refractivity contribution in [3.63, 3.8) is 0 Å². The Hall–Kier alpha value is -0.820. The van der Waals surface area contributed by atoms with Gasteiger partial charge in [0.1, 0.15) is 0 Å². The Morgan fingerprint density at radius 2 is 2.12 bits per heavy atom. The molecule has 0 amide bonds. The second kappa shape index (κ2) is 5.01. The Morgan fingerprint density at radius 3 is 2.94 bits per heavy atom. The average Bonchev–Trinajstić information content (AvgIpc) is 2.55. The normalized spacial score (nSPS) is 26.4. The highest BCUT2D eigenvalue weighted by atomic mass is 15.0. The highest BCUT2D eigenvalue weighted by Gasteiger charge is 2.26. The maximum Gasteiger partial charge on any atom is 0.0406 e. The third-order valence-electron chi connectivity index (χ3n) is 3.84. The predicted molar refractivity (Wildman–Crippen MR) is 69.6 cm³/mol. The number of hydrogen-bond donors (Lipinski definition) is 1. The van der Waals surface area contributed by atoms with E-state index < -0.39 is 0 Å². The molecule has 0 spiro atoms. The molecule has 0 aliphatic carbocycles. The van der Waals surface area contributed by atoms with E-state index in [1.165, 1.54) is 36.8 Å². The fourth-order valence-electron chi connectivity index (χ4n) is 2.61. The molecule has 0 radical (unpaired) electrons. The van der Waals surface area contributed by atoms with E-state index in [4.69, 9.17) is 0 Å². The van der Waals surface area contributed by atoms with E-state index in [-0.39, 0.29) is 5.54 Å². The van der Waals surface area contributed by atoms with Crippen LogP contribution in [-0.4, -0.2) is 6.54 Å². The van der Waals surface area contributed by atoms with Crippen LogP contribution in [0.1, 0.15) is 50.7 Å². The van der Waals surface area contributed by atoms with Gasteiger partial charge in [0.05, 0.1) is 0 Å². The summed E-state index contributed by atoms with van der Waals surface area (Å²) in [4.78, 5) is 0. The minimum atomic E-state index is 0.196. The lowest BCUT2D eigenvalue weighted by Gasteiger charge is -2.30. The first-order valence-corrected chi connectivity index (χ1v) is 6.59. The summed E-state index contributed by atoms with van der Waals surface area (Å²) in [5.74, 6) is 0. The standard InChI is InChI=1S/C15H23N/c1-3-13-8-7-9-14(12-13)15(2)10-5-4-6-11-16-15/h7-9,12,16H,3-6,10-11H2,1-2H3. The van der Waals surface area contributed by atoms with Crippen LogP contribution in [0.5, 0.6) is 0 Å². The molecular formula is C15H23N. The topological polar surface area (TPSA) is 12.0 Å². The maximum atomic E-state index is 3.73. The number of rotatable bonds is 2. The van der Waals surface area contributed by atoms with Crippen LogP contribution in [0, 0.1) is 0 Å². The van der Waals surface area contributed by atoms with Gasteiger partial charge < -0.3 is 5.32 Å². The van der Waals surface area contributed by atoms with Gasteiger partial charge in [-0.2, -0.15) is 0 Å². The van der Waals surface area contributed by atoms with Crippen LogP contribution in [-0.2, 0) is 12.0 Å². The van der Waals surface area contributed by atoms with Gasteiger partial charge in [-0.1, -0.05) is 44.0 Å². The molecule has 1 unspecified atom stereocenters. The number of benzene rings is 1. The van der Waals surface area contributed by atoms with Crippen molar-refractivity contribution in [2.45, 2.75) is 51.5 Å². The summed E-state index contributed by atoms with van der Waals surface area (Å²) >= 11 is 0. The molecule has 88 valence electrons. The van der Waals surface area contributed by atoms with E-state index in [0.717, 1.165) is 13.0 Å². The van der Waals surface area contributed by atoms with Crippen molar-refractivity contribution in [3.05, 3.63) is 35.4 Å². The summed E-state index contributed by atoms with van der Waals surface area (Å²) in [5.41, 5.74) is 3.11. The van der Waals surface area contributed by atoms with Crippen LogP contribution < -0.4 is 5.32 Å². The zero-order valence-corrected chi connectivity index (χ0v) is 10.6. The van der Waals surface area contributed by atoms with Crippen LogP contribution >= 0.6 is 0 Å². The minimum Gasteiger partial charge on any atom is -0.308 e. The van der Waals surface area contributed by atoms with Crippen molar-refractivity contribution in [2.24, 2.45) is 0 Å². The molecule has 2 rings (SSSR count). The SMILES string of the molecule is CCc1cccc(C2(C)CCCCCN2)c1. The maximum absolute atomic E-state index is 3.73. The molecule has 1 heterocycles. The third-order valence-corrected chi connectivity index (χ3v) is 3.84. The molecule has 1 saturated heterocycles. The average molecular weight is 217 g/mol. The predicted octanol–water partition coefficient (Wildman–Crippen LogP) is 3.63. The van der Waals surface area contributed by atoms with Gasteiger partial charge in [0.2, 0.25) is 0 Å². The smallest absolute Gasteiger partial charge is 0.0406 e. The monoisotopic (exact) mass is 217 g/mol. The summed E-state index contributed by atoms with van der Waals surface area (Å²) in [6, 6.07) is 9.07. The number of aryl methyl sites for hydroxylation is 1. The van der Waals surface area contributed by atoms with Gasteiger partial charge >= 0.3 is 0 Å². The Morgan fingerprint density at radius 1 is 1.25 bits per heavy atom. The first-order chi connectivity index (χ1) is 7.74. The van der Waals surface area contributed by atoms with Crippen molar-refractivity contribution in [2.75, 3.05) is 6.54 Å². The third kappa shape index (κ3) is 2.46. The fourth-order valence-corrected chi connectivity index (χ4v) is 2.61. The molecule has 1 aliphatic rings. The van der Waals surface area contributed by atoms with Gasteiger partial charge in [-0.3, -0.25) is 0 Å². The second-order valence-electron chi connectivity index (χ2n) is 5.12. The quantitative estimate of drug-likeness (QED) is 0.797. The van der Waals surface area contributed by atoms with Crippen LogP contribution in [0.2, 0.25) is 0 Å². The highest BCUT2D eigenvalue weighted by molar-refractivity contribution is 5.29. The zero-order chi connectivity index (χ0) is 11.4. The van der Waals surface area contributed by atoms with Crippen LogP contribution in [0.3, 0.4) is 0 Å². The van der Waals surface area contributed by atoms with Crippen molar-refractivity contribution < 1.29 is 0 Å². The van der Waals surface area contributed by atoms with Crippen molar-refractivity contribution >= 4 is 0 Å². The first kappa shape index (κ1) is 11.7. The van der Waals surface area contributed by atoms with E-state index in [9.17, 15) is 0 Å². The molecule has 1 heteroatoms. The molecule has 1 fully saturated rings. The number of hydrogen-bond acceptors (Lipinski definition) is 1. The Balaban J connectivity index is 2.25. The van der Waals surface area contributed by atoms with Crippen LogP contribution in [0.15, 0.2) is 24.3 Å². The zero-order valence-electron chi connectivity index (χ0n) is 10.6. The Labute approximate surface area is 99.3 Å². The first-order valence-electron chi connectivity index (χ1n) is 6.59. The van der Waals surface area contributed by atoms with E-state index in [0.29, 0.717) is 0 Å². The van der Waals surface area contributed by atoms with E-state index in [1.807, 2.05) is 0 Å². The summed E-state index contributed by atoms with van der Waals surface area (Å²) in [7, 11) is 0. The molecule has 0 bridgehead atoms. The molecule has 1 N–H and O–H groups in total. The van der Waals surface area contributed by atoms with E-state index >= 15 is 0 Å². The van der Waals surface area contributed by atoms with Gasteiger partial charge in [-0.05, 0) is 43.9 Å². The van der Waals surface area contributed by atoms with Crippen LogP contribution in [0.4, 0.5) is 0 Å². The van der Waals surface area contributed by atoms with Crippen LogP contribution in [0.25, 0.3) is 0 Å². The summed E-state index contributed by atoms with van der Waals surface area (Å²) in [6.45, 7) is 5.74.